The van der Waals surface area contributed by atoms with Gasteiger partial charge in [-0.2, -0.15) is 5.10 Å². The van der Waals surface area contributed by atoms with Crippen molar-refractivity contribution in [2.24, 2.45) is 10.9 Å². The van der Waals surface area contributed by atoms with Gasteiger partial charge in [-0.15, -0.1) is 0 Å². The van der Waals surface area contributed by atoms with E-state index in [1.165, 1.54) is 0 Å². The predicted molar refractivity (Wildman–Crippen MR) is 95.3 cm³/mol. The number of aliphatic hydroxyl groups excluding tert-OH is 1. The lowest BCUT2D eigenvalue weighted by Crippen LogP contribution is -2.47. The fourth-order valence-corrected chi connectivity index (χ4v) is 3.62. The Bertz CT molecular complexity index is 588. The molecule has 3 rings (SSSR count). The molecule has 1 aromatic rings. The Morgan fingerprint density at radius 3 is 3.00 bits per heavy atom. The van der Waals surface area contributed by atoms with Crippen LogP contribution in [0.2, 0.25) is 0 Å². The van der Waals surface area contributed by atoms with E-state index in [4.69, 9.17) is 9.73 Å². The summed E-state index contributed by atoms with van der Waals surface area (Å²) in [5.74, 6) is 2.89. The molecule has 8 heteroatoms. The van der Waals surface area contributed by atoms with Gasteiger partial charge in [-0.05, 0) is 26.2 Å². The molecule has 1 aliphatic heterocycles. The standard InChI is InChI=1S/C17H30N6O2/c1-3-18-17(19-9-12-5-4-6-14(12)24)20-13-7-8-16-21-15(11-25-2)22-23(16)10-13/h12-14,24H,3-11H2,1-2H3,(H2,18,19,20). The van der Waals surface area contributed by atoms with Crippen LogP contribution in [0.15, 0.2) is 4.99 Å². The van der Waals surface area contributed by atoms with E-state index in [2.05, 4.69) is 27.6 Å². The number of nitrogens with zero attached hydrogens (tertiary/aromatic N) is 4. The lowest BCUT2D eigenvalue weighted by molar-refractivity contribution is 0.136. The van der Waals surface area contributed by atoms with Gasteiger partial charge in [0.1, 0.15) is 12.4 Å². The molecule has 25 heavy (non-hydrogen) atoms. The summed E-state index contributed by atoms with van der Waals surface area (Å²) < 4.78 is 7.09. The Balaban J connectivity index is 1.58. The fourth-order valence-electron chi connectivity index (χ4n) is 3.62. The smallest absolute Gasteiger partial charge is 0.191 e. The summed E-state index contributed by atoms with van der Waals surface area (Å²) in [4.78, 5) is 9.21. The van der Waals surface area contributed by atoms with Crippen LogP contribution in [0.25, 0.3) is 0 Å². The van der Waals surface area contributed by atoms with E-state index in [9.17, 15) is 5.11 Å². The normalized spacial score (nSPS) is 26.5. The number of aliphatic imine (C=N–C) groups is 1. The predicted octanol–water partition coefficient (Wildman–Crippen LogP) is 0.455. The molecular formula is C17H30N6O2. The van der Waals surface area contributed by atoms with Crippen molar-refractivity contribution in [2.75, 3.05) is 20.2 Å². The Hall–Kier alpha value is -1.67. The van der Waals surface area contributed by atoms with E-state index in [0.29, 0.717) is 19.1 Å². The van der Waals surface area contributed by atoms with Gasteiger partial charge in [0.05, 0.1) is 12.6 Å². The second-order valence-corrected chi connectivity index (χ2v) is 6.92. The molecule has 2 heterocycles. The van der Waals surface area contributed by atoms with Crippen molar-refractivity contribution >= 4 is 5.96 Å². The van der Waals surface area contributed by atoms with Crippen LogP contribution in [0.1, 0.15) is 44.3 Å². The van der Waals surface area contributed by atoms with Gasteiger partial charge >= 0.3 is 0 Å². The van der Waals surface area contributed by atoms with Crippen molar-refractivity contribution in [2.45, 2.75) is 64.3 Å². The maximum atomic E-state index is 9.97. The molecule has 3 atom stereocenters. The van der Waals surface area contributed by atoms with E-state index in [-0.39, 0.29) is 12.1 Å². The summed E-state index contributed by atoms with van der Waals surface area (Å²) in [5.41, 5.74) is 0. The molecule has 0 aromatic carbocycles. The first-order valence-corrected chi connectivity index (χ1v) is 9.34. The summed E-state index contributed by atoms with van der Waals surface area (Å²) >= 11 is 0. The van der Waals surface area contributed by atoms with Crippen molar-refractivity contribution < 1.29 is 9.84 Å². The Kier molecular flexibility index (Phi) is 6.25. The minimum atomic E-state index is -0.196. The molecule has 140 valence electrons. The van der Waals surface area contributed by atoms with Crippen LogP contribution in [0, 0.1) is 5.92 Å². The van der Waals surface area contributed by atoms with E-state index in [0.717, 1.165) is 62.8 Å². The average molecular weight is 350 g/mol. The Morgan fingerprint density at radius 2 is 2.28 bits per heavy atom. The zero-order valence-corrected chi connectivity index (χ0v) is 15.2. The highest BCUT2D eigenvalue weighted by molar-refractivity contribution is 5.80. The van der Waals surface area contributed by atoms with Gasteiger partial charge in [0, 0.05) is 38.6 Å². The number of guanidine groups is 1. The van der Waals surface area contributed by atoms with Crippen LogP contribution in [0.5, 0.6) is 0 Å². The van der Waals surface area contributed by atoms with Gasteiger partial charge < -0.3 is 20.5 Å². The SMILES string of the molecule is CCNC(=NCC1CCCC1O)NC1CCc2nc(COC)nn2C1. The molecule has 0 radical (unpaired) electrons. The number of aromatic nitrogens is 3. The van der Waals surface area contributed by atoms with Crippen LogP contribution in [0.3, 0.4) is 0 Å². The van der Waals surface area contributed by atoms with Crippen molar-refractivity contribution in [1.82, 2.24) is 25.4 Å². The maximum absolute atomic E-state index is 9.97. The molecule has 3 N–H and O–H groups in total. The number of nitrogens with one attached hydrogen (secondary N) is 2. The lowest BCUT2D eigenvalue weighted by atomic mass is 10.1. The number of methoxy groups -OCH3 is 1. The highest BCUT2D eigenvalue weighted by Gasteiger charge is 2.25. The first-order valence-electron chi connectivity index (χ1n) is 9.34. The Morgan fingerprint density at radius 1 is 1.40 bits per heavy atom. The molecule has 0 amide bonds. The summed E-state index contributed by atoms with van der Waals surface area (Å²) in [6, 6.07) is 0.274. The van der Waals surface area contributed by atoms with Crippen molar-refractivity contribution in [3.63, 3.8) is 0 Å². The molecule has 1 fully saturated rings. The topological polar surface area (TPSA) is 96.6 Å². The zero-order valence-electron chi connectivity index (χ0n) is 15.2. The van der Waals surface area contributed by atoms with Gasteiger partial charge in [0.25, 0.3) is 0 Å². The minimum absolute atomic E-state index is 0.196. The quantitative estimate of drug-likeness (QED) is 0.509. The van der Waals surface area contributed by atoms with Crippen LogP contribution in [-0.2, 0) is 24.3 Å². The number of rotatable bonds is 6. The molecule has 0 bridgehead atoms. The molecule has 0 saturated heterocycles. The number of fused-ring (bicyclic) bond motifs is 1. The monoisotopic (exact) mass is 350 g/mol. The molecular weight excluding hydrogens is 320 g/mol. The van der Waals surface area contributed by atoms with Crippen LogP contribution in [-0.4, -0.2) is 58.2 Å². The van der Waals surface area contributed by atoms with E-state index in [1.54, 1.807) is 7.11 Å². The molecule has 2 aliphatic rings. The molecule has 1 saturated carbocycles. The van der Waals surface area contributed by atoms with Crippen LogP contribution >= 0.6 is 0 Å². The van der Waals surface area contributed by atoms with E-state index < -0.39 is 0 Å². The third-order valence-corrected chi connectivity index (χ3v) is 4.96. The average Bonchev–Trinajstić information content (AvgIpc) is 3.18. The van der Waals surface area contributed by atoms with Crippen molar-refractivity contribution in [1.29, 1.82) is 0 Å². The largest absolute Gasteiger partial charge is 0.393 e. The summed E-state index contributed by atoms with van der Waals surface area (Å²) in [6.45, 7) is 4.79. The minimum Gasteiger partial charge on any atom is -0.393 e. The second-order valence-electron chi connectivity index (χ2n) is 6.92. The molecule has 0 spiro atoms. The molecule has 1 aromatic heterocycles. The highest BCUT2D eigenvalue weighted by atomic mass is 16.5. The second kappa shape index (κ2) is 8.62. The van der Waals surface area contributed by atoms with Crippen molar-refractivity contribution in [3.05, 3.63) is 11.6 Å². The van der Waals surface area contributed by atoms with Gasteiger partial charge in [-0.3, -0.25) is 4.99 Å². The van der Waals surface area contributed by atoms with E-state index >= 15 is 0 Å². The van der Waals surface area contributed by atoms with Gasteiger partial charge in [-0.25, -0.2) is 9.67 Å². The van der Waals surface area contributed by atoms with Crippen molar-refractivity contribution in [3.8, 4) is 0 Å². The van der Waals surface area contributed by atoms with Gasteiger partial charge in [0.15, 0.2) is 11.8 Å². The highest BCUT2D eigenvalue weighted by Crippen LogP contribution is 2.25. The first kappa shape index (κ1) is 18.1. The maximum Gasteiger partial charge on any atom is 0.191 e. The van der Waals surface area contributed by atoms with Crippen LogP contribution < -0.4 is 10.6 Å². The third kappa shape index (κ3) is 4.70. The number of hydrogen-bond acceptors (Lipinski definition) is 5. The first-order chi connectivity index (χ1) is 12.2. The van der Waals surface area contributed by atoms with Crippen LogP contribution in [0.4, 0.5) is 0 Å². The summed E-state index contributed by atoms with van der Waals surface area (Å²) in [5, 5.41) is 21.3. The lowest BCUT2D eigenvalue weighted by Gasteiger charge is -2.25. The zero-order chi connectivity index (χ0) is 17.6. The third-order valence-electron chi connectivity index (χ3n) is 4.96. The summed E-state index contributed by atoms with van der Waals surface area (Å²) in [7, 11) is 1.66. The fraction of sp³-hybridized carbons (Fsp3) is 0.824. The Labute approximate surface area is 149 Å². The number of aliphatic hydroxyl groups is 1. The van der Waals surface area contributed by atoms with Gasteiger partial charge in [0.2, 0.25) is 0 Å². The molecule has 1 aliphatic carbocycles. The summed E-state index contributed by atoms with van der Waals surface area (Å²) in [6.07, 6.45) is 4.78. The molecule has 3 unspecified atom stereocenters. The molecule has 8 nitrogen and oxygen atoms in total. The number of hydrogen-bond donors (Lipinski definition) is 3. The van der Waals surface area contributed by atoms with E-state index in [1.807, 2.05) is 4.68 Å². The van der Waals surface area contributed by atoms with Gasteiger partial charge in [-0.1, -0.05) is 6.42 Å². The number of aryl methyl sites for hydroxylation is 1. The number of ether oxygens (including phenoxy) is 1.